The van der Waals surface area contributed by atoms with Crippen LogP contribution in [0.3, 0.4) is 0 Å². The molecule has 0 aliphatic carbocycles. The van der Waals surface area contributed by atoms with Gasteiger partial charge in [-0.2, -0.15) is 0 Å². The smallest absolute Gasteiger partial charge is 0.462 e. The molecule has 19 heteroatoms. The third kappa shape index (κ3) is 75.8. The number of carbonyl (C=O) groups excluding carboxylic acids is 4. The molecule has 0 radical (unpaired) electrons. The Balaban J connectivity index is 5.29. The second-order valence-corrected chi connectivity index (χ2v) is 33.5. The highest BCUT2D eigenvalue weighted by atomic mass is 31.2. The molecule has 0 saturated heterocycles. The Labute approximate surface area is 624 Å². The van der Waals surface area contributed by atoms with Crippen molar-refractivity contribution in [3.63, 3.8) is 0 Å². The number of phosphoric ester groups is 2. The van der Waals surface area contributed by atoms with Crippen molar-refractivity contribution in [2.45, 2.75) is 426 Å². The maximum Gasteiger partial charge on any atom is 0.472 e. The molecular weight excluding hydrogens is 1330 g/mol. The molecule has 0 bridgehead atoms. The van der Waals surface area contributed by atoms with E-state index >= 15 is 0 Å². The van der Waals surface area contributed by atoms with Crippen LogP contribution >= 0.6 is 15.6 Å². The molecule has 0 aromatic carbocycles. The molecule has 0 amide bonds. The minimum atomic E-state index is -4.97. The van der Waals surface area contributed by atoms with Gasteiger partial charge in [-0.3, -0.25) is 37.3 Å². The van der Waals surface area contributed by atoms with Crippen molar-refractivity contribution in [2.24, 2.45) is 17.8 Å². The number of aliphatic hydroxyl groups is 1. The number of unbranched alkanes of at least 4 members (excludes halogenated alkanes) is 44. The van der Waals surface area contributed by atoms with Crippen LogP contribution in [0.5, 0.6) is 0 Å². The monoisotopic (exact) mass is 1490 g/mol. The summed E-state index contributed by atoms with van der Waals surface area (Å²) in [5.41, 5.74) is 0. The van der Waals surface area contributed by atoms with Crippen LogP contribution in [0.1, 0.15) is 408 Å². The molecule has 0 aromatic rings. The normalized spacial score (nSPS) is 14.1. The van der Waals surface area contributed by atoms with Crippen molar-refractivity contribution in [1.29, 1.82) is 0 Å². The largest absolute Gasteiger partial charge is 0.472 e. The van der Waals surface area contributed by atoms with Crippen molar-refractivity contribution in [3.05, 3.63) is 24.3 Å². The van der Waals surface area contributed by atoms with Gasteiger partial charge in [0.2, 0.25) is 0 Å². The van der Waals surface area contributed by atoms with Crippen LogP contribution in [-0.2, 0) is 65.4 Å². The summed E-state index contributed by atoms with van der Waals surface area (Å²) in [7, 11) is -9.94. The van der Waals surface area contributed by atoms with E-state index in [2.05, 4.69) is 72.8 Å². The fourth-order valence-corrected chi connectivity index (χ4v) is 13.9. The third-order valence-corrected chi connectivity index (χ3v) is 20.7. The Morgan fingerprint density at radius 2 is 0.529 bits per heavy atom. The van der Waals surface area contributed by atoms with Crippen LogP contribution in [0.4, 0.5) is 0 Å². The van der Waals surface area contributed by atoms with Gasteiger partial charge in [0, 0.05) is 25.7 Å². The average Bonchev–Trinajstić information content (AvgIpc) is 0.906. The summed E-state index contributed by atoms with van der Waals surface area (Å²) >= 11 is 0. The quantitative estimate of drug-likeness (QED) is 0.0169. The highest BCUT2D eigenvalue weighted by molar-refractivity contribution is 7.47. The van der Waals surface area contributed by atoms with Gasteiger partial charge in [0.1, 0.15) is 19.3 Å². The molecule has 0 rings (SSSR count). The van der Waals surface area contributed by atoms with E-state index in [-0.39, 0.29) is 25.7 Å². The highest BCUT2D eigenvalue weighted by Crippen LogP contribution is 2.45. The molecule has 3 N–H and O–H groups in total. The van der Waals surface area contributed by atoms with Gasteiger partial charge in [0.05, 0.1) is 26.4 Å². The van der Waals surface area contributed by atoms with Crippen molar-refractivity contribution >= 4 is 39.5 Å². The summed E-state index contributed by atoms with van der Waals surface area (Å²) in [6, 6.07) is 0. The van der Waals surface area contributed by atoms with Gasteiger partial charge in [0.15, 0.2) is 12.2 Å². The van der Waals surface area contributed by atoms with Gasteiger partial charge < -0.3 is 33.8 Å². The Hall–Kier alpha value is -2.46. The van der Waals surface area contributed by atoms with E-state index in [0.29, 0.717) is 25.7 Å². The summed E-state index contributed by atoms with van der Waals surface area (Å²) in [6.07, 6.45) is 64.6. The van der Waals surface area contributed by atoms with Crippen LogP contribution in [0.2, 0.25) is 0 Å². The van der Waals surface area contributed by atoms with Gasteiger partial charge in [0.25, 0.3) is 0 Å². The molecule has 0 fully saturated rings. The highest BCUT2D eigenvalue weighted by Gasteiger charge is 2.30. The van der Waals surface area contributed by atoms with Gasteiger partial charge in [-0.1, -0.05) is 355 Å². The molecule has 17 nitrogen and oxygen atoms in total. The van der Waals surface area contributed by atoms with E-state index in [1.165, 1.54) is 205 Å². The van der Waals surface area contributed by atoms with Crippen LogP contribution < -0.4 is 0 Å². The van der Waals surface area contributed by atoms with Crippen LogP contribution in [0.25, 0.3) is 0 Å². The summed E-state index contributed by atoms with van der Waals surface area (Å²) in [5.74, 6) is 0.200. The maximum atomic E-state index is 13.1. The first-order valence-corrected chi connectivity index (χ1v) is 45.2. The van der Waals surface area contributed by atoms with Gasteiger partial charge in [-0.05, 0) is 69.1 Å². The van der Waals surface area contributed by atoms with Crippen molar-refractivity contribution in [3.8, 4) is 0 Å². The fourth-order valence-electron chi connectivity index (χ4n) is 12.3. The van der Waals surface area contributed by atoms with Gasteiger partial charge >= 0.3 is 39.5 Å². The van der Waals surface area contributed by atoms with E-state index in [1.807, 2.05) is 0 Å². The second-order valence-electron chi connectivity index (χ2n) is 30.6. The Bertz CT molecular complexity index is 2070. The average molecular weight is 1490 g/mol. The summed E-state index contributed by atoms with van der Waals surface area (Å²) in [4.78, 5) is 73.1. The lowest BCUT2D eigenvalue weighted by Gasteiger charge is -2.21. The van der Waals surface area contributed by atoms with Crippen LogP contribution in [0.15, 0.2) is 24.3 Å². The molecular formula is C83H158O17P2. The molecule has 0 aliphatic rings. The molecule has 0 aliphatic heterocycles. The molecule has 602 valence electrons. The first-order valence-electron chi connectivity index (χ1n) is 42.2. The predicted molar refractivity (Wildman–Crippen MR) is 418 cm³/mol. The molecule has 0 saturated carbocycles. The van der Waals surface area contributed by atoms with Crippen molar-refractivity contribution in [1.82, 2.24) is 0 Å². The van der Waals surface area contributed by atoms with Crippen molar-refractivity contribution < 1.29 is 80.2 Å². The summed E-state index contributed by atoms with van der Waals surface area (Å²) in [5, 5.41) is 10.7. The Morgan fingerprint density at radius 3 is 0.794 bits per heavy atom. The molecule has 0 aromatic heterocycles. The number of carbonyl (C=O) groups is 4. The van der Waals surface area contributed by atoms with Gasteiger partial charge in [-0.15, -0.1) is 0 Å². The van der Waals surface area contributed by atoms with Crippen LogP contribution in [-0.4, -0.2) is 96.7 Å². The van der Waals surface area contributed by atoms with E-state index in [4.69, 9.17) is 37.0 Å². The standard InChI is InChI=1S/C83H158O17P2/c1-8-9-10-11-12-13-14-15-18-24-30-37-45-52-59-66-82(87)100-79(71-94-81(86)65-58-51-44-39-32-35-42-49-56-63-76(6)7)73-98-102(91,92)96-69-77(84)68-95-101(89,90)97-72-78(70-93-80(85)64-57-50-43-36-29-26-21-23-28-34-41-48-55-62-75(4)5)99-83(88)67-60-53-46-38-31-25-20-17-16-19-22-27-33-40-47-54-61-74(2)3/h13-15,18,74-79,84H,8-12,16-17,19-73H2,1-7H3,(H,89,90)(H,91,92)/b14-13-,18-15-/t77-,78-,79-/m1/s1. The Kier molecular flexibility index (Phi) is 71.0. The van der Waals surface area contributed by atoms with Gasteiger partial charge in [-0.25, -0.2) is 9.13 Å². The third-order valence-electron chi connectivity index (χ3n) is 18.8. The Morgan fingerprint density at radius 1 is 0.304 bits per heavy atom. The zero-order valence-corrected chi connectivity index (χ0v) is 68.4. The number of allylic oxidation sites excluding steroid dienone is 4. The number of ether oxygens (including phenoxy) is 4. The minimum Gasteiger partial charge on any atom is -0.462 e. The number of hydrogen-bond donors (Lipinski definition) is 3. The summed E-state index contributed by atoms with van der Waals surface area (Å²) < 4.78 is 68.8. The molecule has 0 spiro atoms. The number of esters is 4. The van der Waals surface area contributed by atoms with E-state index in [1.54, 1.807) is 0 Å². The second kappa shape index (κ2) is 72.7. The molecule has 0 heterocycles. The molecule has 2 unspecified atom stereocenters. The fraction of sp³-hybridized carbons (Fsp3) is 0.904. The number of hydrogen-bond acceptors (Lipinski definition) is 15. The SMILES string of the molecule is CCCCCC/C=C\C=C/CCCCCCCC(=O)O[C@H](COC(=O)CCCCCCCCCCCC(C)C)COP(=O)(O)OC[C@H](O)COP(=O)(O)OC[C@@H](COC(=O)CCCCCCCCCCCCCCCC(C)C)OC(=O)CCCCCCCCCCCCCCCCCCC(C)C. The minimum absolute atomic E-state index is 0.0846. The predicted octanol–water partition coefficient (Wildman–Crippen LogP) is 24.5. The molecule has 5 atom stereocenters. The molecule has 102 heavy (non-hydrogen) atoms. The lowest BCUT2D eigenvalue weighted by atomic mass is 10.0. The van der Waals surface area contributed by atoms with E-state index in [0.717, 1.165) is 120 Å². The number of rotatable bonds is 79. The van der Waals surface area contributed by atoms with Crippen molar-refractivity contribution in [2.75, 3.05) is 39.6 Å². The zero-order valence-electron chi connectivity index (χ0n) is 66.6. The number of aliphatic hydroxyl groups excluding tert-OH is 1. The number of phosphoric acid groups is 2. The first kappa shape index (κ1) is 99.5. The summed E-state index contributed by atoms with van der Waals surface area (Å²) in [6.45, 7) is 11.9. The maximum absolute atomic E-state index is 13.1. The topological polar surface area (TPSA) is 237 Å². The first-order chi connectivity index (χ1) is 49.2. The lowest BCUT2D eigenvalue weighted by Crippen LogP contribution is -2.30. The lowest BCUT2D eigenvalue weighted by molar-refractivity contribution is -0.161. The zero-order chi connectivity index (χ0) is 75.1. The van der Waals surface area contributed by atoms with E-state index < -0.39 is 97.5 Å². The van der Waals surface area contributed by atoms with Crippen LogP contribution in [0, 0.1) is 17.8 Å². The van der Waals surface area contributed by atoms with E-state index in [9.17, 15) is 43.2 Å².